The molecule has 1 saturated heterocycles. The second-order valence-electron chi connectivity index (χ2n) is 5.62. The van der Waals surface area contributed by atoms with Gasteiger partial charge in [0.25, 0.3) is 0 Å². The Morgan fingerprint density at radius 3 is 2.41 bits per heavy atom. The molecule has 0 atom stereocenters. The van der Waals surface area contributed by atoms with Gasteiger partial charge in [-0.3, -0.25) is 9.69 Å². The molecule has 0 aromatic carbocycles. The Morgan fingerprint density at radius 1 is 1.18 bits per heavy atom. The van der Waals surface area contributed by atoms with Gasteiger partial charge < -0.3 is 4.74 Å². The molecular formula is C14H25NO2. The fourth-order valence-corrected chi connectivity index (χ4v) is 3.14. The Bertz CT molecular complexity index is 241. The molecule has 3 nitrogen and oxygen atoms in total. The summed E-state index contributed by atoms with van der Waals surface area (Å²) in [4.78, 5) is 14.4. The van der Waals surface area contributed by atoms with E-state index in [0.717, 1.165) is 32.5 Å². The first-order chi connectivity index (χ1) is 8.29. The quantitative estimate of drug-likeness (QED) is 0.736. The molecule has 0 spiro atoms. The number of methoxy groups -OCH3 is 1. The van der Waals surface area contributed by atoms with Crippen molar-refractivity contribution in [3.63, 3.8) is 0 Å². The van der Waals surface area contributed by atoms with Gasteiger partial charge in [0.15, 0.2) is 0 Å². The minimum absolute atomic E-state index is 0.381. The molecular weight excluding hydrogens is 214 g/mol. The number of hydrogen-bond acceptors (Lipinski definition) is 3. The first-order valence-corrected chi connectivity index (χ1v) is 7.03. The first-order valence-electron chi connectivity index (χ1n) is 7.03. The number of Topliss-reactive ketones (excluding diaryl/α,β-unsaturated/α-hetero) is 1. The summed E-state index contributed by atoms with van der Waals surface area (Å²) in [5, 5.41) is 0. The van der Waals surface area contributed by atoms with E-state index in [4.69, 9.17) is 4.74 Å². The minimum atomic E-state index is 0.381. The second kappa shape index (κ2) is 6.50. The van der Waals surface area contributed by atoms with E-state index >= 15 is 0 Å². The molecule has 2 rings (SSSR count). The lowest BCUT2D eigenvalue weighted by Gasteiger charge is -2.31. The Labute approximate surface area is 105 Å². The molecule has 2 fully saturated rings. The molecule has 0 aromatic rings. The number of nitrogens with zero attached hydrogens (tertiary/aromatic N) is 1. The van der Waals surface area contributed by atoms with Crippen LogP contribution >= 0.6 is 0 Å². The van der Waals surface area contributed by atoms with Crippen molar-refractivity contribution in [1.29, 1.82) is 0 Å². The predicted octanol–water partition coefficient (Wildman–Crippen LogP) is 2.10. The summed E-state index contributed by atoms with van der Waals surface area (Å²) < 4.78 is 5.19. The molecule has 2 aliphatic rings. The highest BCUT2D eigenvalue weighted by atomic mass is 16.5. The third-order valence-corrected chi connectivity index (χ3v) is 4.30. The maximum Gasteiger partial charge on any atom is 0.149 e. The minimum Gasteiger partial charge on any atom is -0.384 e. The topological polar surface area (TPSA) is 29.5 Å². The lowest BCUT2D eigenvalue weighted by molar-refractivity contribution is -0.124. The predicted molar refractivity (Wildman–Crippen MR) is 68.0 cm³/mol. The smallest absolute Gasteiger partial charge is 0.149 e. The first kappa shape index (κ1) is 13.0. The zero-order valence-corrected chi connectivity index (χ0v) is 11.0. The summed E-state index contributed by atoms with van der Waals surface area (Å²) in [6, 6.07) is 0. The van der Waals surface area contributed by atoms with Gasteiger partial charge in [0.05, 0.1) is 6.54 Å². The largest absolute Gasteiger partial charge is 0.384 e. The van der Waals surface area contributed by atoms with Crippen molar-refractivity contribution in [2.24, 2.45) is 11.8 Å². The van der Waals surface area contributed by atoms with Crippen LogP contribution in [0.1, 0.15) is 38.5 Å². The number of ketones is 1. The van der Waals surface area contributed by atoms with Crippen molar-refractivity contribution < 1.29 is 9.53 Å². The van der Waals surface area contributed by atoms with Crippen molar-refractivity contribution in [2.45, 2.75) is 38.5 Å². The van der Waals surface area contributed by atoms with Gasteiger partial charge >= 0.3 is 0 Å². The number of carbonyl (C=O) groups excluding carboxylic acids is 1. The molecule has 98 valence electrons. The standard InChI is InChI=1S/C14H25NO2/c1-17-11-12-6-8-15(9-7-12)10-14(16)13-4-2-3-5-13/h12-13H,2-11H2,1H3. The van der Waals surface area contributed by atoms with Gasteiger partial charge in [-0.1, -0.05) is 12.8 Å². The molecule has 3 heteroatoms. The van der Waals surface area contributed by atoms with Gasteiger partial charge in [-0.05, 0) is 44.7 Å². The number of rotatable bonds is 5. The van der Waals surface area contributed by atoms with Crippen LogP contribution in [0.4, 0.5) is 0 Å². The summed E-state index contributed by atoms with van der Waals surface area (Å²) in [5.74, 6) is 1.58. The van der Waals surface area contributed by atoms with Crippen LogP contribution in [0.25, 0.3) is 0 Å². The van der Waals surface area contributed by atoms with E-state index in [-0.39, 0.29) is 0 Å². The molecule has 1 heterocycles. The van der Waals surface area contributed by atoms with Gasteiger partial charge in [0.1, 0.15) is 5.78 Å². The Kier molecular flexibility index (Phi) is 4.99. The molecule has 0 amide bonds. The second-order valence-corrected chi connectivity index (χ2v) is 5.62. The summed E-state index contributed by atoms with van der Waals surface area (Å²) in [6.45, 7) is 3.73. The van der Waals surface area contributed by atoms with Crippen LogP contribution in [0.15, 0.2) is 0 Å². The molecule has 0 unspecified atom stereocenters. The Balaban J connectivity index is 1.68. The van der Waals surface area contributed by atoms with Crippen LogP contribution in [0, 0.1) is 11.8 Å². The summed E-state index contributed by atoms with van der Waals surface area (Å²) in [7, 11) is 1.77. The Morgan fingerprint density at radius 2 is 1.82 bits per heavy atom. The molecule has 1 aliphatic carbocycles. The summed E-state index contributed by atoms with van der Waals surface area (Å²) in [5.41, 5.74) is 0. The molecule has 1 saturated carbocycles. The monoisotopic (exact) mass is 239 g/mol. The highest BCUT2D eigenvalue weighted by Crippen LogP contribution is 2.26. The molecule has 17 heavy (non-hydrogen) atoms. The highest BCUT2D eigenvalue weighted by molar-refractivity contribution is 5.83. The van der Waals surface area contributed by atoms with Crippen molar-refractivity contribution in [3.05, 3.63) is 0 Å². The number of likely N-dealkylation sites (tertiary alicyclic amines) is 1. The van der Waals surface area contributed by atoms with Crippen LogP contribution in [-0.2, 0) is 9.53 Å². The van der Waals surface area contributed by atoms with E-state index in [1.54, 1.807) is 7.11 Å². The number of ether oxygens (including phenoxy) is 1. The zero-order chi connectivity index (χ0) is 12.1. The molecule has 0 radical (unpaired) electrons. The summed E-state index contributed by atoms with van der Waals surface area (Å²) >= 11 is 0. The van der Waals surface area contributed by atoms with Crippen molar-refractivity contribution in [1.82, 2.24) is 4.90 Å². The van der Waals surface area contributed by atoms with Crippen LogP contribution < -0.4 is 0 Å². The fraction of sp³-hybridized carbons (Fsp3) is 0.929. The van der Waals surface area contributed by atoms with Gasteiger partial charge in [-0.25, -0.2) is 0 Å². The van der Waals surface area contributed by atoms with E-state index in [2.05, 4.69) is 4.90 Å². The maximum absolute atomic E-state index is 12.1. The van der Waals surface area contributed by atoms with E-state index in [9.17, 15) is 4.79 Å². The van der Waals surface area contributed by atoms with Crippen molar-refractivity contribution in [3.8, 4) is 0 Å². The van der Waals surface area contributed by atoms with E-state index in [1.807, 2.05) is 0 Å². The third-order valence-electron chi connectivity index (χ3n) is 4.30. The fourth-order valence-electron chi connectivity index (χ4n) is 3.14. The average Bonchev–Trinajstić information content (AvgIpc) is 2.86. The van der Waals surface area contributed by atoms with Crippen LogP contribution in [0.2, 0.25) is 0 Å². The third kappa shape index (κ3) is 3.78. The normalized spacial score (nSPS) is 24.3. The number of piperidine rings is 1. The average molecular weight is 239 g/mol. The number of carbonyl (C=O) groups is 1. The highest BCUT2D eigenvalue weighted by Gasteiger charge is 2.26. The molecule has 0 bridgehead atoms. The van der Waals surface area contributed by atoms with Crippen molar-refractivity contribution >= 4 is 5.78 Å². The number of hydrogen-bond donors (Lipinski definition) is 0. The SMILES string of the molecule is COCC1CCN(CC(=O)C2CCCC2)CC1. The lowest BCUT2D eigenvalue weighted by atomic mass is 9.96. The zero-order valence-electron chi connectivity index (χ0n) is 11.0. The van der Waals surface area contributed by atoms with Crippen LogP contribution in [0.3, 0.4) is 0 Å². The molecule has 1 aliphatic heterocycles. The summed E-state index contributed by atoms with van der Waals surface area (Å²) in [6.07, 6.45) is 7.16. The van der Waals surface area contributed by atoms with E-state index in [0.29, 0.717) is 24.2 Å². The van der Waals surface area contributed by atoms with E-state index < -0.39 is 0 Å². The maximum atomic E-state index is 12.1. The van der Waals surface area contributed by atoms with Crippen molar-refractivity contribution in [2.75, 3.05) is 33.4 Å². The van der Waals surface area contributed by atoms with Crippen LogP contribution in [-0.4, -0.2) is 44.0 Å². The van der Waals surface area contributed by atoms with Crippen LogP contribution in [0.5, 0.6) is 0 Å². The van der Waals surface area contributed by atoms with Gasteiger partial charge in [-0.15, -0.1) is 0 Å². The molecule has 0 aromatic heterocycles. The molecule has 0 N–H and O–H groups in total. The van der Waals surface area contributed by atoms with Gasteiger partial charge in [0, 0.05) is 19.6 Å². The Hall–Kier alpha value is -0.410. The lowest BCUT2D eigenvalue weighted by Crippen LogP contribution is -2.39. The van der Waals surface area contributed by atoms with E-state index in [1.165, 1.54) is 25.7 Å². The van der Waals surface area contributed by atoms with Gasteiger partial charge in [0.2, 0.25) is 0 Å². The van der Waals surface area contributed by atoms with Gasteiger partial charge in [-0.2, -0.15) is 0 Å².